The Labute approximate surface area is 191 Å². The summed E-state index contributed by atoms with van der Waals surface area (Å²) in [4.78, 5) is 11.7. The summed E-state index contributed by atoms with van der Waals surface area (Å²) in [6.45, 7) is 1.68. The lowest BCUT2D eigenvalue weighted by atomic mass is 9.80. The summed E-state index contributed by atoms with van der Waals surface area (Å²) in [6.07, 6.45) is -11.7. The second-order valence-corrected chi connectivity index (χ2v) is 8.52. The Morgan fingerprint density at radius 1 is 1.06 bits per heavy atom. The molecule has 2 N–H and O–H groups in total. The molecule has 34 heavy (non-hydrogen) atoms. The van der Waals surface area contributed by atoms with Gasteiger partial charge in [-0.3, -0.25) is 0 Å². The molecule has 0 aromatic heterocycles. The molecule has 2 aromatic carbocycles. The number of carbonyl (C=O) groups is 1. The number of rotatable bonds is 5. The third-order valence-electron chi connectivity index (χ3n) is 6.21. The SMILES string of the molecule is CC(OCC1(c2ccccc2)CC2OC(=O)NC2CN1)c1cc(C(F)(F)F)cc(C(F)(F)F)c1. The lowest BCUT2D eigenvalue weighted by molar-refractivity contribution is -0.143. The van der Waals surface area contributed by atoms with Crippen LogP contribution >= 0.6 is 0 Å². The number of piperidine rings is 1. The van der Waals surface area contributed by atoms with Gasteiger partial charge in [-0.05, 0) is 36.2 Å². The fourth-order valence-electron chi connectivity index (χ4n) is 4.33. The number of alkyl halides is 6. The maximum Gasteiger partial charge on any atom is 0.416 e. The number of alkyl carbamates (subject to hydrolysis) is 1. The first-order chi connectivity index (χ1) is 15.9. The van der Waals surface area contributed by atoms with Crippen molar-refractivity contribution < 1.29 is 40.6 Å². The summed E-state index contributed by atoms with van der Waals surface area (Å²) < 4.78 is 90.7. The molecule has 2 fully saturated rings. The summed E-state index contributed by atoms with van der Waals surface area (Å²) in [5.41, 5.74) is -3.10. The van der Waals surface area contributed by atoms with Crippen LogP contribution in [0, 0.1) is 0 Å². The minimum Gasteiger partial charge on any atom is -0.444 e. The van der Waals surface area contributed by atoms with Crippen LogP contribution in [-0.2, 0) is 27.4 Å². The molecule has 11 heteroatoms. The summed E-state index contributed by atoms with van der Waals surface area (Å²) >= 11 is 0. The normalized spacial score (nSPS) is 25.9. The predicted molar refractivity (Wildman–Crippen MR) is 109 cm³/mol. The van der Waals surface area contributed by atoms with Crippen LogP contribution in [0.15, 0.2) is 48.5 Å². The molecule has 4 rings (SSSR count). The quantitative estimate of drug-likeness (QED) is 0.571. The highest BCUT2D eigenvalue weighted by molar-refractivity contribution is 5.70. The molecule has 2 aliphatic heterocycles. The zero-order valence-electron chi connectivity index (χ0n) is 18.0. The summed E-state index contributed by atoms with van der Waals surface area (Å²) in [5.74, 6) is 0. The maximum atomic E-state index is 13.2. The van der Waals surface area contributed by atoms with Crippen molar-refractivity contribution >= 4 is 6.09 Å². The van der Waals surface area contributed by atoms with Gasteiger partial charge in [0.2, 0.25) is 0 Å². The van der Waals surface area contributed by atoms with Gasteiger partial charge in [0.25, 0.3) is 0 Å². The molecule has 4 atom stereocenters. The molecule has 2 aromatic rings. The number of benzene rings is 2. The standard InChI is InChI=1S/C23H22F6N2O3/c1-13(14-7-16(22(24,25)26)9-17(8-14)23(27,28)29)33-12-21(15-5-3-2-4-6-15)10-19-18(11-30-21)31-20(32)34-19/h2-9,13,18-19,30H,10-12H2,1H3,(H,31,32). The van der Waals surface area contributed by atoms with Crippen LogP contribution in [0.4, 0.5) is 31.1 Å². The highest BCUT2D eigenvalue weighted by atomic mass is 19.4. The summed E-state index contributed by atoms with van der Waals surface area (Å²) in [6, 6.07) is 10.3. The largest absolute Gasteiger partial charge is 0.444 e. The van der Waals surface area contributed by atoms with Gasteiger partial charge in [-0.2, -0.15) is 26.3 Å². The molecule has 0 spiro atoms. The Balaban J connectivity index is 1.61. The Bertz CT molecular complexity index is 1010. The molecule has 0 radical (unpaired) electrons. The minimum absolute atomic E-state index is 0.0729. The number of hydrogen-bond donors (Lipinski definition) is 2. The number of nitrogens with one attached hydrogen (secondary N) is 2. The molecule has 184 valence electrons. The highest BCUT2D eigenvalue weighted by Crippen LogP contribution is 2.39. The van der Waals surface area contributed by atoms with Crippen molar-refractivity contribution in [3.63, 3.8) is 0 Å². The van der Waals surface area contributed by atoms with Gasteiger partial charge in [-0.25, -0.2) is 4.79 Å². The van der Waals surface area contributed by atoms with Crippen LogP contribution in [0.2, 0.25) is 0 Å². The van der Waals surface area contributed by atoms with E-state index in [2.05, 4.69) is 10.6 Å². The first-order valence-corrected chi connectivity index (χ1v) is 10.6. The Morgan fingerprint density at radius 2 is 1.68 bits per heavy atom. The van der Waals surface area contributed by atoms with Crippen molar-refractivity contribution in [3.05, 3.63) is 70.8 Å². The molecule has 0 saturated carbocycles. The van der Waals surface area contributed by atoms with E-state index in [0.29, 0.717) is 25.1 Å². The summed E-state index contributed by atoms with van der Waals surface area (Å²) in [7, 11) is 0. The van der Waals surface area contributed by atoms with Crippen LogP contribution < -0.4 is 10.6 Å². The average molecular weight is 488 g/mol. The van der Waals surface area contributed by atoms with E-state index < -0.39 is 47.3 Å². The van der Waals surface area contributed by atoms with Gasteiger partial charge in [-0.15, -0.1) is 0 Å². The topological polar surface area (TPSA) is 59.6 Å². The fraction of sp³-hybridized carbons (Fsp3) is 0.435. The molecule has 2 heterocycles. The maximum absolute atomic E-state index is 13.2. The van der Waals surface area contributed by atoms with Gasteiger partial charge < -0.3 is 20.1 Å². The van der Waals surface area contributed by atoms with Crippen molar-refractivity contribution in [3.8, 4) is 0 Å². The minimum atomic E-state index is -4.94. The van der Waals surface area contributed by atoms with Gasteiger partial charge in [0.15, 0.2) is 0 Å². The van der Waals surface area contributed by atoms with Gasteiger partial charge in [0.1, 0.15) is 6.10 Å². The molecule has 1 amide bonds. The van der Waals surface area contributed by atoms with Crippen LogP contribution in [0.5, 0.6) is 0 Å². The molecule has 4 unspecified atom stereocenters. The van der Waals surface area contributed by atoms with Gasteiger partial charge in [-0.1, -0.05) is 30.3 Å². The number of hydrogen-bond acceptors (Lipinski definition) is 4. The van der Waals surface area contributed by atoms with Gasteiger partial charge >= 0.3 is 18.4 Å². The Morgan fingerprint density at radius 3 is 2.26 bits per heavy atom. The molecular weight excluding hydrogens is 466 g/mol. The smallest absolute Gasteiger partial charge is 0.416 e. The number of ether oxygens (including phenoxy) is 2. The second-order valence-electron chi connectivity index (χ2n) is 8.52. The summed E-state index contributed by atoms with van der Waals surface area (Å²) in [5, 5.41) is 6.04. The molecule has 2 saturated heterocycles. The number of amides is 1. The third kappa shape index (κ3) is 5.00. The van der Waals surface area contributed by atoms with E-state index in [1.54, 1.807) is 12.1 Å². The Hall–Kier alpha value is -2.79. The van der Waals surface area contributed by atoms with Crippen molar-refractivity contribution in [2.24, 2.45) is 0 Å². The molecule has 2 aliphatic rings. The van der Waals surface area contributed by atoms with E-state index in [9.17, 15) is 31.1 Å². The first-order valence-electron chi connectivity index (χ1n) is 10.6. The number of fused-ring (bicyclic) bond motifs is 1. The number of carbonyl (C=O) groups excluding carboxylic acids is 1. The number of halogens is 6. The first kappa shape index (κ1) is 24.3. The fourth-order valence-corrected chi connectivity index (χ4v) is 4.33. The molecule has 5 nitrogen and oxygen atoms in total. The van der Waals surface area contributed by atoms with E-state index in [1.807, 2.05) is 18.2 Å². The van der Waals surface area contributed by atoms with Crippen molar-refractivity contribution in [2.45, 2.75) is 49.5 Å². The van der Waals surface area contributed by atoms with E-state index >= 15 is 0 Å². The van der Waals surface area contributed by atoms with Crippen molar-refractivity contribution in [1.29, 1.82) is 0 Å². The second kappa shape index (κ2) is 8.77. The van der Waals surface area contributed by atoms with Crippen molar-refractivity contribution in [1.82, 2.24) is 10.6 Å². The lowest BCUT2D eigenvalue weighted by Gasteiger charge is -2.42. The van der Waals surface area contributed by atoms with Crippen molar-refractivity contribution in [2.75, 3.05) is 13.2 Å². The molecule has 0 bridgehead atoms. The van der Waals surface area contributed by atoms with E-state index in [1.165, 1.54) is 6.92 Å². The monoisotopic (exact) mass is 488 g/mol. The van der Waals surface area contributed by atoms with Crippen LogP contribution in [0.25, 0.3) is 0 Å². The Kier molecular flexibility index (Phi) is 6.28. The van der Waals surface area contributed by atoms with Crippen LogP contribution in [0.1, 0.15) is 41.7 Å². The predicted octanol–water partition coefficient (Wildman–Crippen LogP) is 5.17. The van der Waals surface area contributed by atoms with E-state index in [-0.39, 0.29) is 24.3 Å². The van der Waals surface area contributed by atoms with Crippen LogP contribution in [0.3, 0.4) is 0 Å². The average Bonchev–Trinajstić information content (AvgIpc) is 3.15. The van der Waals surface area contributed by atoms with Gasteiger partial charge in [0.05, 0.1) is 35.4 Å². The zero-order chi connectivity index (χ0) is 24.7. The third-order valence-corrected chi connectivity index (χ3v) is 6.21. The zero-order valence-corrected chi connectivity index (χ0v) is 18.0. The lowest BCUT2D eigenvalue weighted by Crippen LogP contribution is -2.59. The molecular formula is C23H22F6N2O3. The van der Waals surface area contributed by atoms with E-state index in [4.69, 9.17) is 9.47 Å². The van der Waals surface area contributed by atoms with Gasteiger partial charge in [0, 0.05) is 13.0 Å². The van der Waals surface area contributed by atoms with E-state index in [0.717, 1.165) is 5.56 Å². The molecule has 0 aliphatic carbocycles. The highest BCUT2D eigenvalue weighted by Gasteiger charge is 2.47. The van der Waals surface area contributed by atoms with Crippen LogP contribution in [-0.4, -0.2) is 31.4 Å².